The third-order valence-corrected chi connectivity index (χ3v) is 4.25. The van der Waals surface area contributed by atoms with Gasteiger partial charge >= 0.3 is 6.18 Å². The van der Waals surface area contributed by atoms with E-state index in [4.69, 9.17) is 9.15 Å². The van der Waals surface area contributed by atoms with Gasteiger partial charge in [-0.3, -0.25) is 4.79 Å². The second-order valence-electron chi connectivity index (χ2n) is 5.23. The summed E-state index contributed by atoms with van der Waals surface area (Å²) in [5, 5.41) is 9.55. The number of phenols is 1. The van der Waals surface area contributed by atoms with Crippen LogP contribution < -0.4 is 10.2 Å². The molecule has 0 amide bonds. The molecule has 0 aliphatic carbocycles. The number of halogens is 4. The Hall–Kier alpha value is -2.23. The zero-order valence-electron chi connectivity index (χ0n) is 12.6. The van der Waals surface area contributed by atoms with Gasteiger partial charge in [0.05, 0.1) is 5.39 Å². The maximum absolute atomic E-state index is 13.4. The number of rotatable bonds is 2. The summed E-state index contributed by atoms with van der Waals surface area (Å²) in [4.78, 5) is 12.6. The Labute approximate surface area is 153 Å². The van der Waals surface area contributed by atoms with Gasteiger partial charge in [-0.15, -0.1) is 0 Å². The molecule has 130 valence electrons. The molecule has 3 rings (SSSR count). The number of hydrogen-bond donors (Lipinski definition) is 1. The Morgan fingerprint density at radius 3 is 2.36 bits per heavy atom. The van der Waals surface area contributed by atoms with Crippen molar-refractivity contribution in [3.05, 3.63) is 61.5 Å². The van der Waals surface area contributed by atoms with Crippen LogP contribution in [0, 0.1) is 10.5 Å². The molecule has 0 aliphatic heterocycles. The minimum absolute atomic E-state index is 0.0425. The number of benzene rings is 2. The monoisotopic (exact) mass is 462 g/mol. The molecule has 1 N–H and O–H groups in total. The zero-order chi connectivity index (χ0) is 18.4. The minimum atomic E-state index is -4.94. The number of hydrogen-bond acceptors (Lipinski definition) is 4. The lowest BCUT2D eigenvalue weighted by Gasteiger charge is -2.14. The Kier molecular flexibility index (Phi) is 4.40. The first-order chi connectivity index (χ1) is 11.7. The summed E-state index contributed by atoms with van der Waals surface area (Å²) in [6, 6.07) is 8.59. The van der Waals surface area contributed by atoms with Crippen LogP contribution in [0.2, 0.25) is 0 Å². The van der Waals surface area contributed by atoms with Crippen LogP contribution in [0.5, 0.6) is 17.2 Å². The van der Waals surface area contributed by atoms with Gasteiger partial charge in [-0.25, -0.2) is 0 Å². The quantitative estimate of drug-likeness (QED) is 0.531. The topological polar surface area (TPSA) is 59.7 Å². The van der Waals surface area contributed by atoms with E-state index >= 15 is 0 Å². The molecule has 0 radical (unpaired) electrons. The van der Waals surface area contributed by atoms with Crippen LogP contribution in [0.4, 0.5) is 13.2 Å². The van der Waals surface area contributed by atoms with Crippen molar-refractivity contribution in [1.29, 1.82) is 0 Å². The van der Waals surface area contributed by atoms with Crippen molar-refractivity contribution in [2.75, 3.05) is 0 Å². The maximum Gasteiger partial charge on any atom is 0.453 e. The summed E-state index contributed by atoms with van der Waals surface area (Å²) in [6.07, 6.45) is -4.94. The van der Waals surface area contributed by atoms with Crippen molar-refractivity contribution >= 4 is 33.6 Å². The van der Waals surface area contributed by atoms with Gasteiger partial charge in [0.1, 0.15) is 17.1 Å². The van der Waals surface area contributed by atoms with Gasteiger partial charge in [0.15, 0.2) is 0 Å². The summed E-state index contributed by atoms with van der Waals surface area (Å²) in [6.45, 7) is 1.36. The van der Waals surface area contributed by atoms with E-state index < -0.39 is 23.1 Å². The standard InChI is InChI=1S/C17H10F3IO4/c1-8-12(22)7-6-11-13(23)15(16(17(18,19)20)25-14(8)11)24-10-4-2-9(21)3-5-10/h2-7,22H,1H3. The maximum atomic E-state index is 13.4. The number of ether oxygens (including phenoxy) is 1. The van der Waals surface area contributed by atoms with Gasteiger partial charge in [-0.1, -0.05) is 0 Å². The molecule has 3 aromatic rings. The molecule has 0 bridgehead atoms. The Morgan fingerprint density at radius 2 is 1.76 bits per heavy atom. The SMILES string of the molecule is Cc1c(O)ccc2c(=O)c(Oc3ccc(I)cc3)c(C(F)(F)F)oc12. The predicted molar refractivity (Wildman–Crippen MR) is 93.1 cm³/mol. The second-order valence-corrected chi connectivity index (χ2v) is 6.48. The molecule has 0 saturated carbocycles. The molecule has 25 heavy (non-hydrogen) atoms. The third kappa shape index (κ3) is 3.30. The van der Waals surface area contributed by atoms with Gasteiger partial charge in [0.25, 0.3) is 5.76 Å². The molecule has 0 fully saturated rings. The first-order valence-electron chi connectivity index (χ1n) is 6.98. The average Bonchev–Trinajstić information content (AvgIpc) is 2.54. The fourth-order valence-electron chi connectivity index (χ4n) is 2.27. The van der Waals surface area contributed by atoms with Gasteiger partial charge < -0.3 is 14.3 Å². The summed E-state index contributed by atoms with van der Waals surface area (Å²) in [7, 11) is 0. The lowest BCUT2D eigenvalue weighted by atomic mass is 10.1. The molecule has 0 unspecified atom stereocenters. The fraction of sp³-hybridized carbons (Fsp3) is 0.118. The van der Waals surface area contributed by atoms with Crippen molar-refractivity contribution in [3.8, 4) is 17.2 Å². The molecule has 4 nitrogen and oxygen atoms in total. The number of alkyl halides is 3. The van der Waals surface area contributed by atoms with Gasteiger partial charge in [-0.05, 0) is 65.9 Å². The van der Waals surface area contributed by atoms with Crippen LogP contribution in [0.25, 0.3) is 11.0 Å². The summed E-state index contributed by atoms with van der Waals surface area (Å²) in [5.74, 6) is -2.67. The molecule has 0 aliphatic rings. The molecular formula is C17H10F3IO4. The minimum Gasteiger partial charge on any atom is -0.508 e. The largest absolute Gasteiger partial charge is 0.508 e. The molecule has 0 atom stereocenters. The number of aromatic hydroxyl groups is 1. The van der Waals surface area contributed by atoms with Gasteiger partial charge in [0.2, 0.25) is 11.2 Å². The van der Waals surface area contributed by atoms with Crippen molar-refractivity contribution in [2.45, 2.75) is 13.1 Å². The Morgan fingerprint density at radius 1 is 1.12 bits per heavy atom. The molecule has 1 aromatic heterocycles. The van der Waals surface area contributed by atoms with E-state index in [1.165, 1.54) is 31.2 Å². The third-order valence-electron chi connectivity index (χ3n) is 3.53. The van der Waals surface area contributed by atoms with Crippen LogP contribution in [-0.2, 0) is 6.18 Å². The fourth-order valence-corrected chi connectivity index (χ4v) is 2.62. The average molecular weight is 462 g/mol. The van der Waals surface area contributed by atoms with Crippen LogP contribution in [0.15, 0.2) is 45.6 Å². The van der Waals surface area contributed by atoms with E-state index in [0.29, 0.717) is 0 Å². The highest BCUT2D eigenvalue weighted by atomic mass is 127. The molecule has 0 spiro atoms. The van der Waals surface area contributed by atoms with Crippen LogP contribution in [0.1, 0.15) is 11.3 Å². The normalized spacial score (nSPS) is 11.7. The molecular weight excluding hydrogens is 452 g/mol. The van der Waals surface area contributed by atoms with E-state index in [-0.39, 0.29) is 28.0 Å². The van der Waals surface area contributed by atoms with E-state index in [1.54, 1.807) is 12.1 Å². The van der Waals surface area contributed by atoms with E-state index in [9.17, 15) is 23.1 Å². The van der Waals surface area contributed by atoms with Crippen LogP contribution >= 0.6 is 22.6 Å². The van der Waals surface area contributed by atoms with Gasteiger partial charge in [0, 0.05) is 9.13 Å². The number of phenolic OH excluding ortho intramolecular Hbond substituents is 1. The Balaban J connectivity index is 2.29. The van der Waals surface area contributed by atoms with Crippen molar-refractivity contribution < 1.29 is 27.4 Å². The van der Waals surface area contributed by atoms with Gasteiger partial charge in [-0.2, -0.15) is 13.2 Å². The first kappa shape index (κ1) is 17.6. The smallest absolute Gasteiger partial charge is 0.453 e. The lowest BCUT2D eigenvalue weighted by molar-refractivity contribution is -0.154. The molecule has 2 aromatic carbocycles. The zero-order valence-corrected chi connectivity index (χ0v) is 14.8. The van der Waals surface area contributed by atoms with E-state index in [2.05, 4.69) is 0 Å². The first-order valence-corrected chi connectivity index (χ1v) is 8.06. The summed E-state index contributed by atoms with van der Waals surface area (Å²) in [5.41, 5.74) is -1.25. The van der Waals surface area contributed by atoms with Crippen molar-refractivity contribution in [3.63, 3.8) is 0 Å². The molecule has 8 heteroatoms. The predicted octanol–water partition coefficient (Wildman–Crippen LogP) is 5.22. The number of aryl methyl sites for hydroxylation is 1. The molecule has 0 saturated heterocycles. The highest BCUT2D eigenvalue weighted by Gasteiger charge is 2.40. The highest BCUT2D eigenvalue weighted by molar-refractivity contribution is 14.1. The second kappa shape index (κ2) is 6.25. The number of fused-ring (bicyclic) bond motifs is 1. The van der Waals surface area contributed by atoms with Crippen LogP contribution in [0.3, 0.4) is 0 Å². The van der Waals surface area contributed by atoms with E-state index in [0.717, 1.165) is 3.57 Å². The summed E-state index contributed by atoms with van der Waals surface area (Å²) < 4.78 is 51.1. The summed E-state index contributed by atoms with van der Waals surface area (Å²) >= 11 is 2.03. The Bertz CT molecular complexity index is 1010. The van der Waals surface area contributed by atoms with E-state index in [1.807, 2.05) is 22.6 Å². The lowest BCUT2D eigenvalue weighted by Crippen LogP contribution is -2.15. The highest BCUT2D eigenvalue weighted by Crippen LogP contribution is 2.39. The molecule has 1 heterocycles. The van der Waals surface area contributed by atoms with Crippen LogP contribution in [-0.4, -0.2) is 5.11 Å². The van der Waals surface area contributed by atoms with Crippen molar-refractivity contribution in [2.24, 2.45) is 0 Å². The van der Waals surface area contributed by atoms with Crippen molar-refractivity contribution in [1.82, 2.24) is 0 Å².